The molecule has 3 heteroatoms. The van der Waals surface area contributed by atoms with Crippen molar-refractivity contribution < 1.29 is 5.11 Å². The van der Waals surface area contributed by atoms with Gasteiger partial charge in [-0.05, 0) is 26.0 Å². The molecule has 0 aromatic heterocycles. The number of rotatable bonds is 7. The molecule has 1 aromatic rings. The maximum absolute atomic E-state index is 9.99. The van der Waals surface area contributed by atoms with Gasteiger partial charge in [-0.25, -0.2) is 0 Å². The summed E-state index contributed by atoms with van der Waals surface area (Å²) < 4.78 is 0. The van der Waals surface area contributed by atoms with Gasteiger partial charge in [-0.1, -0.05) is 44.2 Å². The second kappa shape index (κ2) is 6.51. The molecule has 0 fully saturated rings. The predicted molar refractivity (Wildman–Crippen MR) is 81.3 cm³/mol. The number of likely N-dealkylation sites (N-methyl/N-ethyl adjacent to an activating group) is 1. The van der Waals surface area contributed by atoms with Gasteiger partial charge in [0.05, 0.1) is 5.60 Å². The zero-order chi connectivity index (χ0) is 14.5. The number of aliphatic hydroxyl groups is 1. The Labute approximate surface area is 117 Å². The maximum Gasteiger partial charge on any atom is 0.0718 e. The fraction of sp³-hybridized carbons (Fsp3) is 0.625. The topological polar surface area (TPSA) is 49.5 Å². The Morgan fingerprint density at radius 1 is 1.11 bits per heavy atom. The first-order chi connectivity index (χ1) is 8.80. The van der Waals surface area contributed by atoms with Crippen molar-refractivity contribution in [3.05, 3.63) is 35.9 Å². The van der Waals surface area contributed by atoms with Gasteiger partial charge in [0.25, 0.3) is 0 Å². The minimum atomic E-state index is -0.678. The molecule has 3 nitrogen and oxygen atoms in total. The molecule has 1 atom stereocenters. The average Bonchev–Trinajstić information content (AvgIpc) is 2.37. The molecule has 3 N–H and O–H groups in total. The minimum Gasteiger partial charge on any atom is -0.389 e. The molecule has 0 spiro atoms. The first kappa shape index (κ1) is 16.2. The van der Waals surface area contributed by atoms with E-state index in [4.69, 9.17) is 5.73 Å². The summed E-state index contributed by atoms with van der Waals surface area (Å²) in [6, 6.07) is 10.4. The third kappa shape index (κ3) is 4.94. The Kier molecular flexibility index (Phi) is 5.53. The molecule has 0 aliphatic rings. The zero-order valence-corrected chi connectivity index (χ0v) is 12.7. The second-order valence-corrected chi connectivity index (χ2v) is 6.25. The van der Waals surface area contributed by atoms with E-state index in [0.717, 1.165) is 13.1 Å². The first-order valence-corrected chi connectivity index (χ1v) is 7.01. The second-order valence-electron chi connectivity index (χ2n) is 6.25. The summed E-state index contributed by atoms with van der Waals surface area (Å²) in [6.07, 6.45) is 0. The summed E-state index contributed by atoms with van der Waals surface area (Å²) in [7, 11) is 0. The summed E-state index contributed by atoms with van der Waals surface area (Å²) in [5.41, 5.74) is 6.51. The monoisotopic (exact) mass is 264 g/mol. The third-order valence-electron chi connectivity index (χ3n) is 3.55. The van der Waals surface area contributed by atoms with Gasteiger partial charge in [0.2, 0.25) is 0 Å². The van der Waals surface area contributed by atoms with Crippen LogP contribution in [0.5, 0.6) is 0 Å². The van der Waals surface area contributed by atoms with E-state index in [1.807, 2.05) is 19.9 Å². The van der Waals surface area contributed by atoms with Crippen LogP contribution in [0.2, 0.25) is 0 Å². The highest BCUT2D eigenvalue weighted by Crippen LogP contribution is 2.24. The normalized spacial score (nSPS) is 15.5. The fourth-order valence-corrected chi connectivity index (χ4v) is 2.43. The van der Waals surface area contributed by atoms with Gasteiger partial charge in [0.1, 0.15) is 0 Å². The van der Waals surface area contributed by atoms with Gasteiger partial charge in [-0.2, -0.15) is 0 Å². The molecule has 0 heterocycles. The van der Waals surface area contributed by atoms with Crippen LogP contribution < -0.4 is 5.73 Å². The summed E-state index contributed by atoms with van der Waals surface area (Å²) in [4.78, 5) is 2.26. The van der Waals surface area contributed by atoms with Crippen LogP contribution in [0.25, 0.3) is 0 Å². The molecule has 0 saturated carbocycles. The average molecular weight is 264 g/mol. The number of hydrogen-bond donors (Lipinski definition) is 2. The summed E-state index contributed by atoms with van der Waals surface area (Å²) in [5.74, 6) is 0. The Morgan fingerprint density at radius 2 is 1.68 bits per heavy atom. The molecule has 1 aromatic carbocycles. The van der Waals surface area contributed by atoms with E-state index in [1.54, 1.807) is 0 Å². The Bertz CT molecular complexity index is 372. The highest BCUT2D eigenvalue weighted by molar-refractivity contribution is 5.25. The van der Waals surface area contributed by atoms with Crippen LogP contribution >= 0.6 is 0 Å². The molecule has 1 unspecified atom stereocenters. The lowest BCUT2D eigenvalue weighted by Crippen LogP contribution is -2.48. The van der Waals surface area contributed by atoms with E-state index < -0.39 is 5.60 Å². The number of benzene rings is 1. The molecule has 0 aliphatic heterocycles. The number of nitrogens with two attached hydrogens (primary N) is 1. The lowest BCUT2D eigenvalue weighted by molar-refractivity contribution is 0.0315. The van der Waals surface area contributed by atoms with Crippen LogP contribution in [0, 0.1) is 0 Å². The summed E-state index contributed by atoms with van der Waals surface area (Å²) in [5, 5.41) is 9.99. The molecule has 0 saturated heterocycles. The fourth-order valence-electron chi connectivity index (χ4n) is 2.43. The van der Waals surface area contributed by atoms with Crippen molar-refractivity contribution in [1.29, 1.82) is 0 Å². The van der Waals surface area contributed by atoms with Crippen molar-refractivity contribution in [1.82, 2.24) is 4.90 Å². The Hall–Kier alpha value is -0.900. The van der Waals surface area contributed by atoms with E-state index in [1.165, 1.54) is 5.56 Å². The zero-order valence-electron chi connectivity index (χ0n) is 12.7. The number of nitrogens with zero attached hydrogens (tertiary/aromatic N) is 1. The molecule has 0 radical (unpaired) electrons. The molecular formula is C16H28N2O. The van der Waals surface area contributed by atoms with Crippen LogP contribution in [0.4, 0.5) is 0 Å². The van der Waals surface area contributed by atoms with Crippen LogP contribution in [-0.4, -0.2) is 41.8 Å². The van der Waals surface area contributed by atoms with Gasteiger partial charge in [-0.3, -0.25) is 4.90 Å². The largest absolute Gasteiger partial charge is 0.389 e. The molecule has 108 valence electrons. The number of hydrogen-bond acceptors (Lipinski definition) is 3. The van der Waals surface area contributed by atoms with Gasteiger partial charge in [0.15, 0.2) is 0 Å². The molecular weight excluding hydrogens is 236 g/mol. The van der Waals surface area contributed by atoms with E-state index in [2.05, 4.69) is 43.0 Å². The van der Waals surface area contributed by atoms with E-state index in [9.17, 15) is 5.11 Å². The maximum atomic E-state index is 9.99. The van der Waals surface area contributed by atoms with Crippen molar-refractivity contribution in [2.75, 3.05) is 26.2 Å². The van der Waals surface area contributed by atoms with Gasteiger partial charge in [0, 0.05) is 25.0 Å². The van der Waals surface area contributed by atoms with E-state index in [0.29, 0.717) is 13.1 Å². The highest BCUT2D eigenvalue weighted by Gasteiger charge is 2.29. The van der Waals surface area contributed by atoms with Gasteiger partial charge in [-0.15, -0.1) is 0 Å². The Morgan fingerprint density at radius 3 is 2.11 bits per heavy atom. The summed E-state index contributed by atoms with van der Waals surface area (Å²) in [6.45, 7) is 11.0. The molecule has 19 heavy (non-hydrogen) atoms. The first-order valence-electron chi connectivity index (χ1n) is 7.01. The SMILES string of the molecule is CCN(CC(C)(C)O)CC(C)(CN)c1ccccc1. The van der Waals surface area contributed by atoms with E-state index >= 15 is 0 Å². The molecule has 0 bridgehead atoms. The van der Waals surface area contributed by atoms with Gasteiger partial charge < -0.3 is 10.8 Å². The van der Waals surface area contributed by atoms with Crippen molar-refractivity contribution in [3.8, 4) is 0 Å². The molecule has 0 aliphatic carbocycles. The minimum absolute atomic E-state index is 0.0808. The molecule has 1 rings (SSSR count). The van der Waals surface area contributed by atoms with Crippen molar-refractivity contribution in [2.45, 2.75) is 38.7 Å². The van der Waals surface area contributed by atoms with Crippen LogP contribution in [0.1, 0.15) is 33.3 Å². The Balaban J connectivity index is 2.85. The van der Waals surface area contributed by atoms with Crippen molar-refractivity contribution in [3.63, 3.8) is 0 Å². The van der Waals surface area contributed by atoms with Crippen molar-refractivity contribution >= 4 is 0 Å². The standard InChI is InChI=1S/C16H28N2O/c1-5-18(12-15(2,3)19)13-16(4,11-17)14-9-7-6-8-10-14/h6-10,19H,5,11-13,17H2,1-4H3. The lowest BCUT2D eigenvalue weighted by Gasteiger charge is -2.37. The summed E-state index contributed by atoms with van der Waals surface area (Å²) >= 11 is 0. The lowest BCUT2D eigenvalue weighted by atomic mass is 9.81. The highest BCUT2D eigenvalue weighted by atomic mass is 16.3. The van der Waals surface area contributed by atoms with Gasteiger partial charge >= 0.3 is 0 Å². The third-order valence-corrected chi connectivity index (χ3v) is 3.55. The quantitative estimate of drug-likeness (QED) is 0.792. The van der Waals surface area contributed by atoms with Crippen LogP contribution in [-0.2, 0) is 5.41 Å². The molecule has 0 amide bonds. The smallest absolute Gasteiger partial charge is 0.0718 e. The van der Waals surface area contributed by atoms with Crippen molar-refractivity contribution in [2.24, 2.45) is 5.73 Å². The van der Waals surface area contributed by atoms with E-state index in [-0.39, 0.29) is 5.41 Å². The van der Waals surface area contributed by atoms with Crippen LogP contribution in [0.15, 0.2) is 30.3 Å². The van der Waals surface area contributed by atoms with Crippen LogP contribution in [0.3, 0.4) is 0 Å². The predicted octanol–water partition coefficient (Wildman–Crippen LogP) is 2.00.